The monoisotopic (exact) mass is 356 g/mol. The van der Waals surface area contributed by atoms with Crippen molar-refractivity contribution in [1.29, 1.82) is 0 Å². The first-order valence-electron chi connectivity index (χ1n) is 7.99. The van der Waals surface area contributed by atoms with E-state index < -0.39 is 0 Å². The Morgan fingerprint density at radius 3 is 2.60 bits per heavy atom. The molecule has 0 radical (unpaired) electrons. The van der Waals surface area contributed by atoms with Gasteiger partial charge in [0.15, 0.2) is 0 Å². The van der Waals surface area contributed by atoms with Crippen LogP contribution in [0.4, 0.5) is 16.2 Å². The molecule has 0 saturated carbocycles. The Bertz CT molecular complexity index is 824. The number of anilines is 2. The molecule has 4 nitrogen and oxygen atoms in total. The van der Waals surface area contributed by atoms with E-state index in [0.717, 1.165) is 29.4 Å². The molecule has 0 amide bonds. The SMILES string of the molecule is Fc1ccc(CNc2nccc(NCCc3cccc(Cl)c3)n2)cc1. The maximum absolute atomic E-state index is 12.9. The molecule has 0 bridgehead atoms. The van der Waals surface area contributed by atoms with Crippen LogP contribution in [0.25, 0.3) is 0 Å². The largest absolute Gasteiger partial charge is 0.370 e. The molecule has 0 saturated heterocycles. The van der Waals surface area contributed by atoms with Gasteiger partial charge in [0.05, 0.1) is 0 Å². The van der Waals surface area contributed by atoms with Crippen LogP contribution < -0.4 is 10.6 Å². The second-order valence-electron chi connectivity index (χ2n) is 5.55. The molecular formula is C19H18ClFN4. The fourth-order valence-electron chi connectivity index (χ4n) is 2.35. The maximum Gasteiger partial charge on any atom is 0.224 e. The number of nitrogens with one attached hydrogen (secondary N) is 2. The average Bonchev–Trinajstić information content (AvgIpc) is 2.62. The summed E-state index contributed by atoms with van der Waals surface area (Å²) in [6.45, 7) is 1.28. The second kappa shape index (κ2) is 8.44. The van der Waals surface area contributed by atoms with Crippen LogP contribution in [0.5, 0.6) is 0 Å². The highest BCUT2D eigenvalue weighted by molar-refractivity contribution is 6.30. The molecule has 3 aromatic rings. The third-order valence-corrected chi connectivity index (χ3v) is 3.86. The van der Waals surface area contributed by atoms with E-state index in [-0.39, 0.29) is 5.82 Å². The van der Waals surface area contributed by atoms with Gasteiger partial charge in [0.2, 0.25) is 5.95 Å². The third-order valence-electron chi connectivity index (χ3n) is 3.63. The summed E-state index contributed by atoms with van der Waals surface area (Å²) in [5.41, 5.74) is 2.13. The van der Waals surface area contributed by atoms with Crippen LogP contribution in [0.1, 0.15) is 11.1 Å². The van der Waals surface area contributed by atoms with Gasteiger partial charge >= 0.3 is 0 Å². The Morgan fingerprint density at radius 2 is 1.80 bits per heavy atom. The van der Waals surface area contributed by atoms with E-state index in [9.17, 15) is 4.39 Å². The number of nitrogens with zero attached hydrogens (tertiary/aromatic N) is 2. The summed E-state index contributed by atoms with van der Waals surface area (Å²) >= 11 is 5.99. The first kappa shape index (κ1) is 17.2. The molecule has 25 heavy (non-hydrogen) atoms. The molecule has 0 spiro atoms. The molecule has 0 aliphatic carbocycles. The van der Waals surface area contributed by atoms with Gasteiger partial charge in [-0.05, 0) is 47.9 Å². The summed E-state index contributed by atoms with van der Waals surface area (Å²) < 4.78 is 12.9. The molecule has 1 heterocycles. The number of benzene rings is 2. The van der Waals surface area contributed by atoms with Crippen molar-refractivity contribution in [1.82, 2.24) is 9.97 Å². The van der Waals surface area contributed by atoms with Crippen molar-refractivity contribution < 1.29 is 4.39 Å². The highest BCUT2D eigenvalue weighted by Crippen LogP contribution is 2.12. The molecule has 0 aliphatic rings. The van der Waals surface area contributed by atoms with Crippen molar-refractivity contribution in [2.75, 3.05) is 17.2 Å². The average molecular weight is 357 g/mol. The summed E-state index contributed by atoms with van der Waals surface area (Å²) in [7, 11) is 0. The van der Waals surface area contributed by atoms with Gasteiger partial charge in [0, 0.05) is 24.3 Å². The second-order valence-corrected chi connectivity index (χ2v) is 5.99. The first-order chi connectivity index (χ1) is 12.2. The van der Waals surface area contributed by atoms with Crippen LogP contribution in [-0.2, 0) is 13.0 Å². The summed E-state index contributed by atoms with van der Waals surface area (Å²) in [5, 5.41) is 7.15. The van der Waals surface area contributed by atoms with Crippen molar-refractivity contribution in [2.45, 2.75) is 13.0 Å². The molecule has 3 rings (SSSR count). The summed E-state index contributed by atoms with van der Waals surface area (Å²) in [4.78, 5) is 8.62. The van der Waals surface area contributed by atoms with E-state index in [2.05, 4.69) is 20.6 Å². The normalized spacial score (nSPS) is 10.5. The zero-order valence-corrected chi connectivity index (χ0v) is 14.3. The molecule has 0 unspecified atom stereocenters. The summed E-state index contributed by atoms with van der Waals surface area (Å²) in [5.74, 6) is 1.03. The molecule has 1 aromatic heterocycles. The van der Waals surface area contributed by atoms with Gasteiger partial charge < -0.3 is 10.6 Å². The smallest absolute Gasteiger partial charge is 0.224 e. The number of hydrogen-bond donors (Lipinski definition) is 2. The zero-order chi connectivity index (χ0) is 17.5. The van der Waals surface area contributed by atoms with E-state index >= 15 is 0 Å². The maximum atomic E-state index is 12.9. The highest BCUT2D eigenvalue weighted by Gasteiger charge is 2.01. The molecule has 2 N–H and O–H groups in total. The van der Waals surface area contributed by atoms with Crippen LogP contribution in [0.2, 0.25) is 5.02 Å². The van der Waals surface area contributed by atoms with Gasteiger partial charge in [-0.3, -0.25) is 0 Å². The molecule has 6 heteroatoms. The van der Waals surface area contributed by atoms with Crippen LogP contribution in [-0.4, -0.2) is 16.5 Å². The predicted molar refractivity (Wildman–Crippen MR) is 99.4 cm³/mol. The van der Waals surface area contributed by atoms with Gasteiger partial charge in [-0.1, -0.05) is 35.9 Å². The fraction of sp³-hybridized carbons (Fsp3) is 0.158. The van der Waals surface area contributed by atoms with Gasteiger partial charge in [0.25, 0.3) is 0 Å². The van der Waals surface area contributed by atoms with Gasteiger partial charge in [-0.25, -0.2) is 9.37 Å². The van der Waals surface area contributed by atoms with Crippen LogP contribution in [0.3, 0.4) is 0 Å². The first-order valence-corrected chi connectivity index (χ1v) is 8.36. The van der Waals surface area contributed by atoms with Crippen molar-refractivity contribution in [3.05, 3.63) is 82.8 Å². The Labute approximate surface area is 151 Å². The molecular weight excluding hydrogens is 339 g/mol. The minimum atomic E-state index is -0.245. The quantitative estimate of drug-likeness (QED) is 0.652. The Morgan fingerprint density at radius 1 is 0.960 bits per heavy atom. The van der Waals surface area contributed by atoms with Gasteiger partial charge in [-0.2, -0.15) is 4.98 Å². The van der Waals surface area contributed by atoms with Crippen LogP contribution >= 0.6 is 11.6 Å². The Kier molecular flexibility index (Phi) is 5.80. The highest BCUT2D eigenvalue weighted by atomic mass is 35.5. The van der Waals surface area contributed by atoms with Crippen LogP contribution in [0.15, 0.2) is 60.8 Å². The number of rotatable bonds is 7. The lowest BCUT2D eigenvalue weighted by molar-refractivity contribution is 0.627. The molecule has 0 aliphatic heterocycles. The van der Waals surface area contributed by atoms with E-state index in [1.807, 2.05) is 30.3 Å². The zero-order valence-electron chi connectivity index (χ0n) is 13.5. The van der Waals surface area contributed by atoms with Crippen LogP contribution in [0, 0.1) is 5.82 Å². The lowest BCUT2D eigenvalue weighted by Crippen LogP contribution is -2.09. The van der Waals surface area contributed by atoms with Crippen molar-refractivity contribution >= 4 is 23.4 Å². The summed E-state index contributed by atoms with van der Waals surface area (Å²) in [6.07, 6.45) is 2.55. The fourth-order valence-corrected chi connectivity index (χ4v) is 2.57. The topological polar surface area (TPSA) is 49.8 Å². The Balaban J connectivity index is 1.51. The van der Waals surface area contributed by atoms with Gasteiger partial charge in [-0.15, -0.1) is 0 Å². The van der Waals surface area contributed by atoms with E-state index in [1.54, 1.807) is 18.3 Å². The molecule has 0 atom stereocenters. The molecule has 128 valence electrons. The third kappa shape index (κ3) is 5.43. The Hall–Kier alpha value is -2.66. The molecule has 2 aromatic carbocycles. The summed E-state index contributed by atoms with van der Waals surface area (Å²) in [6, 6.07) is 16.0. The van der Waals surface area contributed by atoms with Gasteiger partial charge in [0.1, 0.15) is 11.6 Å². The lowest BCUT2D eigenvalue weighted by atomic mass is 10.1. The van der Waals surface area contributed by atoms with E-state index in [1.165, 1.54) is 17.7 Å². The standard InChI is InChI=1S/C19H18ClFN4/c20-16-3-1-2-14(12-16)8-10-22-18-9-11-23-19(25-18)24-13-15-4-6-17(21)7-5-15/h1-7,9,11-12H,8,10,13H2,(H2,22,23,24,25). The van der Waals surface area contributed by atoms with E-state index in [0.29, 0.717) is 12.5 Å². The van der Waals surface area contributed by atoms with Crippen molar-refractivity contribution in [3.63, 3.8) is 0 Å². The minimum Gasteiger partial charge on any atom is -0.370 e. The minimum absolute atomic E-state index is 0.245. The van der Waals surface area contributed by atoms with Crippen molar-refractivity contribution in [2.24, 2.45) is 0 Å². The number of aromatic nitrogens is 2. The molecule has 0 fully saturated rings. The predicted octanol–water partition coefficient (Wildman–Crippen LogP) is 4.54. The number of halogens is 2. The van der Waals surface area contributed by atoms with E-state index in [4.69, 9.17) is 11.6 Å². The number of hydrogen-bond acceptors (Lipinski definition) is 4. The van der Waals surface area contributed by atoms with Crippen molar-refractivity contribution in [3.8, 4) is 0 Å². The lowest BCUT2D eigenvalue weighted by Gasteiger charge is -2.09.